The minimum Gasteiger partial charge on any atom is -0.491 e. The van der Waals surface area contributed by atoms with Gasteiger partial charge in [0, 0.05) is 12.6 Å². The molecule has 0 unspecified atom stereocenters. The Hall–Kier alpha value is 0.0564. The van der Waals surface area contributed by atoms with Crippen LogP contribution in [0.15, 0.2) is 24.3 Å². The normalized spacial score (nSPS) is 9.92. The summed E-state index contributed by atoms with van der Waals surface area (Å²) in [6.07, 6.45) is 7.00. The molecule has 26 heavy (non-hydrogen) atoms. The van der Waals surface area contributed by atoms with Gasteiger partial charge < -0.3 is 38.1 Å². The van der Waals surface area contributed by atoms with Crippen molar-refractivity contribution in [3.63, 3.8) is 0 Å². The number of rotatable bonds is 14. The van der Waals surface area contributed by atoms with E-state index in [1.54, 1.807) is 12.1 Å². The zero-order valence-electron chi connectivity index (χ0n) is 16.7. The number of ether oxygens (including phenoxy) is 4. The van der Waals surface area contributed by atoms with Crippen molar-refractivity contribution in [2.24, 2.45) is 0 Å². The molecule has 6 heteroatoms. The van der Waals surface area contributed by atoms with E-state index in [1.165, 1.54) is 0 Å². The van der Waals surface area contributed by atoms with E-state index in [0.717, 1.165) is 17.9 Å². The zero-order chi connectivity index (χ0) is 17.5. The van der Waals surface area contributed by atoms with Gasteiger partial charge in [-0.15, -0.1) is 17.7 Å². The second-order valence-electron chi connectivity index (χ2n) is 5.44. The molecule has 0 heterocycles. The van der Waals surface area contributed by atoms with Crippen LogP contribution in [0.25, 0.3) is 0 Å². The van der Waals surface area contributed by atoms with Crippen molar-refractivity contribution in [3.05, 3.63) is 43.7 Å². The average molecular weight is 389 g/mol. The molecule has 5 nitrogen and oxygen atoms in total. The Balaban J connectivity index is 0. The maximum absolute atomic E-state index is 7.00. The van der Waals surface area contributed by atoms with Gasteiger partial charge in [0.05, 0.1) is 39.6 Å². The Morgan fingerprint density at radius 3 is 1.88 bits per heavy atom. The molecule has 0 aromatic heterocycles. The van der Waals surface area contributed by atoms with E-state index in [1.807, 2.05) is 12.1 Å². The number of benzene rings is 1. The van der Waals surface area contributed by atoms with Crippen LogP contribution in [0.4, 0.5) is 0 Å². The van der Waals surface area contributed by atoms with Crippen LogP contribution in [0.5, 0.6) is 5.75 Å². The summed E-state index contributed by atoms with van der Waals surface area (Å²) in [6, 6.07) is 7.70. The van der Waals surface area contributed by atoms with Gasteiger partial charge in [-0.25, -0.2) is 0 Å². The topological polar surface area (TPSA) is 49.0 Å². The summed E-state index contributed by atoms with van der Waals surface area (Å²) in [4.78, 5) is 0. The summed E-state index contributed by atoms with van der Waals surface area (Å²) in [5, 5.41) is 3.28. The second-order valence-corrected chi connectivity index (χ2v) is 5.44. The average Bonchev–Trinajstić information content (AvgIpc) is 2.59. The zero-order valence-corrected chi connectivity index (χ0v) is 19.8. The molecule has 1 N–H and O–H groups in total. The second kappa shape index (κ2) is 19.8. The predicted octanol–water partition coefficient (Wildman–Crippen LogP) is -0.495. The summed E-state index contributed by atoms with van der Waals surface area (Å²) in [5.41, 5.74) is 0.732. The fourth-order valence-corrected chi connectivity index (χ4v) is 1.81. The van der Waals surface area contributed by atoms with E-state index in [9.17, 15) is 0 Å². The van der Waals surface area contributed by atoms with Crippen molar-refractivity contribution in [2.75, 3.05) is 52.8 Å². The molecule has 1 rings (SSSR count). The molecule has 0 saturated carbocycles. The predicted molar refractivity (Wildman–Crippen MR) is 100 cm³/mol. The first-order valence-corrected chi connectivity index (χ1v) is 8.34. The van der Waals surface area contributed by atoms with Gasteiger partial charge in [0.2, 0.25) is 0 Å². The summed E-state index contributed by atoms with van der Waals surface area (Å²) in [5.74, 6) is 3.08. The molecule has 1 aromatic carbocycles. The summed E-state index contributed by atoms with van der Waals surface area (Å²) in [6.45, 7) is 9.07. The molecular weight excluding hydrogens is 357 g/mol. The first-order chi connectivity index (χ1) is 11.7. The van der Waals surface area contributed by atoms with Gasteiger partial charge in [0.1, 0.15) is 12.4 Å². The Labute approximate surface area is 201 Å². The van der Waals surface area contributed by atoms with Crippen molar-refractivity contribution < 1.29 is 70.3 Å². The van der Waals surface area contributed by atoms with Gasteiger partial charge in [-0.05, 0) is 12.1 Å². The molecule has 0 amide bonds. The van der Waals surface area contributed by atoms with Crippen LogP contribution < -0.4 is 61.4 Å². The van der Waals surface area contributed by atoms with Crippen LogP contribution in [0.1, 0.15) is 19.4 Å². The van der Waals surface area contributed by atoms with Crippen LogP contribution in [-0.2, 0) is 14.2 Å². The summed E-state index contributed by atoms with van der Waals surface area (Å²) in [7, 11) is 0. The molecule has 0 atom stereocenters. The van der Waals surface area contributed by atoms with Crippen LogP contribution >= 0.6 is 0 Å². The third-order valence-electron chi connectivity index (χ3n) is 3.04. The van der Waals surface area contributed by atoms with Crippen molar-refractivity contribution in [3.8, 4) is 11.7 Å². The third kappa shape index (κ3) is 16.2. The van der Waals surface area contributed by atoms with Crippen molar-refractivity contribution in [1.29, 1.82) is 0 Å². The Bertz CT molecular complexity index is 460. The van der Waals surface area contributed by atoms with Gasteiger partial charge >= 0.3 is 51.4 Å². The third-order valence-corrected chi connectivity index (χ3v) is 3.04. The maximum Gasteiger partial charge on any atom is 1.00 e. The maximum atomic E-state index is 7.00. The largest absolute Gasteiger partial charge is 1.00 e. The van der Waals surface area contributed by atoms with E-state index >= 15 is 0 Å². The molecule has 0 fully saturated rings. The van der Waals surface area contributed by atoms with Gasteiger partial charge in [0.15, 0.2) is 0 Å². The molecular formula is C20H31KNO4-. The number of hydrogen-bond donors (Lipinski definition) is 1. The first-order valence-electron chi connectivity index (χ1n) is 8.34. The molecule has 142 valence electrons. The van der Waals surface area contributed by atoms with E-state index < -0.39 is 0 Å². The van der Waals surface area contributed by atoms with Crippen molar-refractivity contribution >= 4 is 0 Å². The quantitative estimate of drug-likeness (QED) is 0.202. The standard InChI is InChI=1S/C19H28NO4.CH3.K/c1-4-18-5-7-19(8-6-18)24-16-15-23-14-13-22-12-11-21-10-9-20-17(2)3;;/h5-8,17,20H,9-16H2,2-3H3;1H3;/q2*-1;+1. The Morgan fingerprint density at radius 2 is 1.38 bits per heavy atom. The van der Waals surface area contributed by atoms with Crippen LogP contribution in [0, 0.1) is 19.8 Å². The van der Waals surface area contributed by atoms with Gasteiger partial charge in [-0.2, -0.15) is 0 Å². The van der Waals surface area contributed by atoms with Gasteiger partial charge in [-0.1, -0.05) is 13.8 Å². The monoisotopic (exact) mass is 388 g/mol. The Kier molecular flexibility index (Phi) is 21.5. The van der Waals surface area contributed by atoms with Crippen LogP contribution in [0.2, 0.25) is 0 Å². The SMILES string of the molecule is [C-]#Cc1ccc(OCCOCCOCCOCCNC(C)C)cc1.[CH3-].[K+]. The molecule has 0 aliphatic heterocycles. The smallest absolute Gasteiger partial charge is 0.491 e. The summed E-state index contributed by atoms with van der Waals surface area (Å²) >= 11 is 0. The fourth-order valence-electron chi connectivity index (χ4n) is 1.81. The Morgan fingerprint density at radius 1 is 0.885 bits per heavy atom. The molecule has 0 spiro atoms. The van der Waals surface area contributed by atoms with E-state index in [0.29, 0.717) is 52.3 Å². The van der Waals surface area contributed by atoms with E-state index in [-0.39, 0.29) is 58.8 Å². The fraction of sp³-hybridized carbons (Fsp3) is 0.550. The van der Waals surface area contributed by atoms with Crippen LogP contribution in [-0.4, -0.2) is 58.8 Å². The molecule has 1 aromatic rings. The van der Waals surface area contributed by atoms with Crippen molar-refractivity contribution in [2.45, 2.75) is 19.9 Å². The molecule has 0 aliphatic rings. The number of hydrogen-bond acceptors (Lipinski definition) is 5. The van der Waals surface area contributed by atoms with Gasteiger partial charge in [-0.3, -0.25) is 5.92 Å². The van der Waals surface area contributed by atoms with Crippen LogP contribution in [0.3, 0.4) is 0 Å². The molecule has 0 saturated heterocycles. The number of nitrogens with one attached hydrogen (secondary N) is 1. The molecule has 0 aliphatic carbocycles. The van der Waals surface area contributed by atoms with Gasteiger partial charge in [0.25, 0.3) is 0 Å². The van der Waals surface area contributed by atoms with E-state index in [4.69, 9.17) is 25.4 Å². The van der Waals surface area contributed by atoms with Crippen molar-refractivity contribution in [1.82, 2.24) is 5.32 Å². The van der Waals surface area contributed by atoms with E-state index in [2.05, 4.69) is 25.1 Å². The summed E-state index contributed by atoms with van der Waals surface area (Å²) < 4.78 is 21.8. The molecule has 0 radical (unpaired) electrons. The molecule has 0 bridgehead atoms. The minimum atomic E-state index is 0. The minimum absolute atomic E-state index is 0. The first kappa shape index (κ1) is 28.3.